The Bertz CT molecular complexity index is 694. The lowest BCUT2D eigenvalue weighted by molar-refractivity contribution is 0.486. The Labute approximate surface area is 121 Å². The third-order valence-electron chi connectivity index (χ3n) is 2.41. The number of rotatable bonds is 3. The lowest BCUT2D eigenvalue weighted by Gasteiger charge is -2.08. The Morgan fingerprint density at radius 1 is 0.947 bits per heavy atom. The molecule has 0 aliphatic rings. The Balaban J connectivity index is 2.32. The quantitative estimate of drug-likeness (QED) is 0.802. The Kier molecular flexibility index (Phi) is 4.04. The van der Waals surface area contributed by atoms with E-state index in [0.29, 0.717) is 0 Å². The maximum absolute atomic E-state index is 12.0. The normalized spacial score (nSPS) is 11.3. The first-order valence-electron chi connectivity index (χ1n) is 5.35. The molecule has 3 nitrogen and oxygen atoms in total. The van der Waals surface area contributed by atoms with Gasteiger partial charge < -0.3 is 4.18 Å². The van der Waals surface area contributed by atoms with Gasteiger partial charge in [0.1, 0.15) is 10.6 Å². The van der Waals surface area contributed by atoms with Gasteiger partial charge >= 0.3 is 10.1 Å². The van der Waals surface area contributed by atoms with Crippen LogP contribution in [0.15, 0.2) is 47.4 Å². The van der Waals surface area contributed by atoms with E-state index in [1.54, 1.807) is 24.3 Å². The molecule has 0 saturated carbocycles. The fourth-order valence-electron chi connectivity index (χ4n) is 1.40. The van der Waals surface area contributed by atoms with Crippen molar-refractivity contribution in [1.29, 1.82) is 0 Å². The molecule has 0 bridgehead atoms. The van der Waals surface area contributed by atoms with Crippen molar-refractivity contribution in [2.75, 3.05) is 0 Å². The molecule has 0 fully saturated rings. The van der Waals surface area contributed by atoms with Crippen LogP contribution in [0.4, 0.5) is 0 Å². The van der Waals surface area contributed by atoms with Crippen molar-refractivity contribution in [3.05, 3.63) is 58.1 Å². The molecule has 0 aromatic heterocycles. The van der Waals surface area contributed by atoms with E-state index < -0.39 is 10.1 Å². The van der Waals surface area contributed by atoms with Gasteiger partial charge in [0.05, 0.1) is 10.0 Å². The van der Waals surface area contributed by atoms with E-state index in [0.717, 1.165) is 5.56 Å². The number of aryl methyl sites for hydroxylation is 1. The summed E-state index contributed by atoms with van der Waals surface area (Å²) in [5, 5.41) is 0.450. The van der Waals surface area contributed by atoms with E-state index in [2.05, 4.69) is 0 Å². The van der Waals surface area contributed by atoms with Crippen LogP contribution in [0.1, 0.15) is 5.56 Å². The molecule has 6 heteroatoms. The standard InChI is InChI=1S/C13H10Cl2O3S/c1-9-2-4-10(5-3-9)18-19(16,17)11-6-7-12(14)13(15)8-11/h2-8H,1H3. The first-order valence-corrected chi connectivity index (χ1v) is 7.51. The molecule has 0 radical (unpaired) electrons. The SMILES string of the molecule is Cc1ccc(OS(=O)(=O)c2ccc(Cl)c(Cl)c2)cc1. The average Bonchev–Trinajstić information content (AvgIpc) is 2.35. The van der Waals surface area contributed by atoms with E-state index in [4.69, 9.17) is 27.4 Å². The maximum atomic E-state index is 12.0. The first-order chi connectivity index (χ1) is 8.88. The number of hydrogen-bond acceptors (Lipinski definition) is 3. The van der Waals surface area contributed by atoms with Gasteiger partial charge in [-0.3, -0.25) is 0 Å². The van der Waals surface area contributed by atoms with Crippen LogP contribution in [0, 0.1) is 6.92 Å². The number of benzene rings is 2. The van der Waals surface area contributed by atoms with E-state index >= 15 is 0 Å². The highest BCUT2D eigenvalue weighted by atomic mass is 35.5. The van der Waals surface area contributed by atoms with E-state index in [1.165, 1.54) is 18.2 Å². The Morgan fingerprint density at radius 2 is 1.58 bits per heavy atom. The van der Waals surface area contributed by atoms with E-state index in [-0.39, 0.29) is 20.7 Å². The first kappa shape index (κ1) is 14.2. The second kappa shape index (κ2) is 5.41. The topological polar surface area (TPSA) is 43.4 Å². The van der Waals surface area contributed by atoms with Crippen molar-refractivity contribution >= 4 is 33.3 Å². The lowest BCUT2D eigenvalue weighted by Crippen LogP contribution is -2.09. The number of halogens is 2. The zero-order valence-electron chi connectivity index (χ0n) is 9.93. The van der Waals surface area contributed by atoms with Gasteiger partial charge in [0, 0.05) is 0 Å². The summed E-state index contributed by atoms with van der Waals surface area (Å²) in [6, 6.07) is 10.7. The fourth-order valence-corrected chi connectivity index (χ4v) is 2.72. The van der Waals surface area contributed by atoms with Crippen molar-refractivity contribution in [1.82, 2.24) is 0 Å². The van der Waals surface area contributed by atoms with Gasteiger partial charge in [0.2, 0.25) is 0 Å². The smallest absolute Gasteiger partial charge is 0.339 e. The Morgan fingerprint density at radius 3 is 2.16 bits per heavy atom. The molecule has 0 atom stereocenters. The maximum Gasteiger partial charge on any atom is 0.339 e. The summed E-state index contributed by atoms with van der Waals surface area (Å²) < 4.78 is 29.1. The molecule has 0 saturated heterocycles. The summed E-state index contributed by atoms with van der Waals surface area (Å²) in [5.74, 6) is 0.247. The van der Waals surface area contributed by atoms with Gasteiger partial charge in [-0.1, -0.05) is 40.9 Å². The monoisotopic (exact) mass is 316 g/mol. The highest BCUT2D eigenvalue weighted by molar-refractivity contribution is 7.87. The summed E-state index contributed by atoms with van der Waals surface area (Å²) in [7, 11) is -3.91. The minimum atomic E-state index is -3.91. The molecule has 0 spiro atoms. The Hall–Kier alpha value is -1.23. The molecule has 0 unspecified atom stereocenters. The third kappa shape index (κ3) is 3.41. The number of hydrogen-bond donors (Lipinski definition) is 0. The second-order valence-corrected chi connectivity index (χ2v) is 6.29. The molecule has 2 rings (SSSR count). The lowest BCUT2D eigenvalue weighted by atomic mass is 10.2. The molecule has 0 N–H and O–H groups in total. The summed E-state index contributed by atoms with van der Waals surface area (Å²) in [6.45, 7) is 1.90. The molecule has 0 heterocycles. The highest BCUT2D eigenvalue weighted by Crippen LogP contribution is 2.26. The minimum Gasteiger partial charge on any atom is -0.379 e. The molecular weight excluding hydrogens is 307 g/mol. The largest absolute Gasteiger partial charge is 0.379 e. The van der Waals surface area contributed by atoms with E-state index in [9.17, 15) is 8.42 Å². The van der Waals surface area contributed by atoms with Gasteiger partial charge in [-0.25, -0.2) is 0 Å². The van der Waals surface area contributed by atoms with E-state index in [1.807, 2.05) is 6.92 Å². The molecule has 2 aromatic rings. The van der Waals surface area contributed by atoms with Crippen molar-refractivity contribution < 1.29 is 12.6 Å². The molecule has 0 amide bonds. The van der Waals surface area contributed by atoms with Crippen LogP contribution in [0.2, 0.25) is 10.0 Å². The second-order valence-electron chi connectivity index (χ2n) is 3.93. The van der Waals surface area contributed by atoms with Gasteiger partial charge in [-0.15, -0.1) is 0 Å². The van der Waals surface area contributed by atoms with Crippen molar-refractivity contribution in [2.45, 2.75) is 11.8 Å². The van der Waals surface area contributed by atoms with Gasteiger partial charge in [-0.05, 0) is 37.3 Å². The van der Waals surface area contributed by atoms with Crippen LogP contribution in [0.3, 0.4) is 0 Å². The molecular formula is C13H10Cl2O3S. The summed E-state index contributed by atoms with van der Waals surface area (Å²) in [6.07, 6.45) is 0. The van der Waals surface area contributed by atoms with Crippen molar-refractivity contribution in [3.8, 4) is 5.75 Å². The summed E-state index contributed by atoms with van der Waals surface area (Å²) >= 11 is 11.5. The summed E-state index contributed by atoms with van der Waals surface area (Å²) in [4.78, 5) is -0.0394. The van der Waals surface area contributed by atoms with Crippen LogP contribution in [-0.4, -0.2) is 8.42 Å². The van der Waals surface area contributed by atoms with Crippen LogP contribution in [0.25, 0.3) is 0 Å². The zero-order chi connectivity index (χ0) is 14.0. The molecule has 2 aromatic carbocycles. The zero-order valence-corrected chi connectivity index (χ0v) is 12.3. The van der Waals surface area contributed by atoms with Crippen molar-refractivity contribution in [3.63, 3.8) is 0 Å². The predicted octanol–water partition coefficient (Wildman–Crippen LogP) is 4.07. The average molecular weight is 317 g/mol. The van der Waals surface area contributed by atoms with Crippen LogP contribution in [0.5, 0.6) is 5.75 Å². The van der Waals surface area contributed by atoms with Crippen LogP contribution < -0.4 is 4.18 Å². The fraction of sp³-hybridized carbons (Fsp3) is 0.0769. The van der Waals surface area contributed by atoms with Crippen LogP contribution in [-0.2, 0) is 10.1 Å². The van der Waals surface area contributed by atoms with Crippen molar-refractivity contribution in [2.24, 2.45) is 0 Å². The van der Waals surface area contributed by atoms with Gasteiger partial charge in [0.25, 0.3) is 0 Å². The predicted molar refractivity (Wildman–Crippen MR) is 75.5 cm³/mol. The molecule has 19 heavy (non-hydrogen) atoms. The molecule has 100 valence electrons. The third-order valence-corrected chi connectivity index (χ3v) is 4.39. The van der Waals surface area contributed by atoms with Gasteiger partial charge in [-0.2, -0.15) is 8.42 Å². The highest BCUT2D eigenvalue weighted by Gasteiger charge is 2.17. The van der Waals surface area contributed by atoms with Gasteiger partial charge in [0.15, 0.2) is 0 Å². The molecule has 0 aliphatic heterocycles. The molecule has 0 aliphatic carbocycles. The minimum absolute atomic E-state index is 0.0394. The summed E-state index contributed by atoms with van der Waals surface area (Å²) in [5.41, 5.74) is 1.01. The van der Waals surface area contributed by atoms with Crippen LogP contribution >= 0.6 is 23.2 Å².